The zero-order chi connectivity index (χ0) is 14.6. The van der Waals surface area contributed by atoms with Crippen LogP contribution in [0.4, 0.5) is 5.69 Å². The summed E-state index contributed by atoms with van der Waals surface area (Å²) in [5.74, 6) is -1.93. The van der Waals surface area contributed by atoms with Gasteiger partial charge in [-0.3, -0.25) is 19.7 Å². The Labute approximate surface area is 109 Å². The third-order valence-corrected chi connectivity index (χ3v) is 2.88. The number of nitro groups is 1. The molecule has 102 valence electrons. The molecule has 1 atom stereocenters. The molecule has 1 aromatic rings. The SMILES string of the molecule is CNC(=O)C(C)(Cc1cccc([N+](=O)[O-])c1)C(=O)O. The van der Waals surface area contributed by atoms with E-state index in [1.165, 1.54) is 32.2 Å². The molecule has 0 aliphatic carbocycles. The van der Waals surface area contributed by atoms with Crippen LogP contribution in [0.2, 0.25) is 0 Å². The molecule has 7 heteroatoms. The maximum absolute atomic E-state index is 11.7. The van der Waals surface area contributed by atoms with Gasteiger partial charge in [-0.1, -0.05) is 12.1 Å². The number of benzene rings is 1. The van der Waals surface area contributed by atoms with Crippen molar-refractivity contribution in [2.24, 2.45) is 5.41 Å². The van der Waals surface area contributed by atoms with E-state index in [-0.39, 0.29) is 12.1 Å². The van der Waals surface area contributed by atoms with Gasteiger partial charge >= 0.3 is 5.97 Å². The van der Waals surface area contributed by atoms with E-state index in [0.717, 1.165) is 0 Å². The minimum atomic E-state index is -1.66. The van der Waals surface area contributed by atoms with Crippen molar-refractivity contribution in [1.82, 2.24) is 5.32 Å². The first-order chi connectivity index (χ1) is 8.81. The van der Waals surface area contributed by atoms with Gasteiger partial charge in [0.2, 0.25) is 5.91 Å². The molecule has 0 aliphatic rings. The number of hydrogen-bond donors (Lipinski definition) is 2. The highest BCUT2D eigenvalue weighted by molar-refractivity contribution is 6.01. The quantitative estimate of drug-likeness (QED) is 0.469. The number of amides is 1. The van der Waals surface area contributed by atoms with Crippen molar-refractivity contribution in [2.75, 3.05) is 7.05 Å². The zero-order valence-electron chi connectivity index (χ0n) is 10.5. The molecule has 0 fully saturated rings. The summed E-state index contributed by atoms with van der Waals surface area (Å²) < 4.78 is 0. The first kappa shape index (κ1) is 14.6. The van der Waals surface area contributed by atoms with Crippen molar-refractivity contribution in [3.8, 4) is 0 Å². The molecular weight excluding hydrogens is 252 g/mol. The van der Waals surface area contributed by atoms with Gasteiger partial charge in [0.25, 0.3) is 5.69 Å². The standard InChI is InChI=1S/C12H14N2O5/c1-12(11(16)17,10(15)13-2)7-8-4-3-5-9(6-8)14(18)19/h3-6H,7H2,1-2H3,(H,13,15)(H,16,17). The minimum Gasteiger partial charge on any atom is -0.480 e. The average molecular weight is 266 g/mol. The third kappa shape index (κ3) is 3.06. The van der Waals surface area contributed by atoms with Gasteiger partial charge < -0.3 is 10.4 Å². The average Bonchev–Trinajstić information content (AvgIpc) is 2.37. The smallest absolute Gasteiger partial charge is 0.319 e. The van der Waals surface area contributed by atoms with E-state index in [1.54, 1.807) is 6.07 Å². The Morgan fingerprint density at radius 2 is 2.11 bits per heavy atom. The molecule has 19 heavy (non-hydrogen) atoms. The number of hydrogen-bond acceptors (Lipinski definition) is 4. The lowest BCUT2D eigenvalue weighted by Crippen LogP contribution is -2.44. The van der Waals surface area contributed by atoms with E-state index >= 15 is 0 Å². The molecule has 0 heterocycles. The van der Waals surface area contributed by atoms with Crippen molar-refractivity contribution in [1.29, 1.82) is 0 Å². The zero-order valence-corrected chi connectivity index (χ0v) is 10.5. The van der Waals surface area contributed by atoms with Crippen LogP contribution in [0.25, 0.3) is 0 Å². The van der Waals surface area contributed by atoms with E-state index in [4.69, 9.17) is 0 Å². The van der Waals surface area contributed by atoms with E-state index in [2.05, 4.69) is 5.32 Å². The summed E-state index contributed by atoms with van der Waals surface area (Å²) in [7, 11) is 1.34. The van der Waals surface area contributed by atoms with Gasteiger partial charge in [-0.25, -0.2) is 0 Å². The van der Waals surface area contributed by atoms with E-state index in [0.29, 0.717) is 5.56 Å². The summed E-state index contributed by atoms with van der Waals surface area (Å²) >= 11 is 0. The summed E-state index contributed by atoms with van der Waals surface area (Å²) in [6.45, 7) is 1.28. The van der Waals surface area contributed by atoms with Gasteiger partial charge in [-0.15, -0.1) is 0 Å². The number of aliphatic carboxylic acids is 1. The summed E-state index contributed by atoms with van der Waals surface area (Å²) in [6, 6.07) is 5.59. The molecule has 0 saturated heterocycles. The molecule has 0 bridgehead atoms. The first-order valence-electron chi connectivity index (χ1n) is 5.50. The number of carboxylic acids is 1. The van der Waals surface area contributed by atoms with Crippen LogP contribution in [0.15, 0.2) is 24.3 Å². The molecule has 1 rings (SSSR count). The fourth-order valence-corrected chi connectivity index (χ4v) is 1.72. The Bertz CT molecular complexity index is 529. The molecule has 1 unspecified atom stereocenters. The van der Waals surface area contributed by atoms with Gasteiger partial charge in [0.05, 0.1) is 4.92 Å². The molecule has 0 aromatic heterocycles. The molecule has 0 saturated carbocycles. The second-order valence-corrected chi connectivity index (χ2v) is 4.32. The number of non-ortho nitro benzene ring substituents is 1. The summed E-state index contributed by atoms with van der Waals surface area (Å²) in [5.41, 5.74) is -1.38. The lowest BCUT2D eigenvalue weighted by Gasteiger charge is -2.22. The fraction of sp³-hybridized carbons (Fsp3) is 0.333. The largest absolute Gasteiger partial charge is 0.480 e. The maximum atomic E-state index is 11.7. The van der Waals surface area contributed by atoms with E-state index < -0.39 is 22.2 Å². The highest BCUT2D eigenvalue weighted by atomic mass is 16.6. The molecule has 1 aromatic carbocycles. The maximum Gasteiger partial charge on any atom is 0.319 e. The van der Waals surface area contributed by atoms with E-state index in [1.807, 2.05) is 0 Å². The van der Waals surface area contributed by atoms with Gasteiger partial charge in [-0.2, -0.15) is 0 Å². The monoisotopic (exact) mass is 266 g/mol. The number of rotatable bonds is 5. The van der Waals surface area contributed by atoms with Crippen LogP contribution in [0, 0.1) is 15.5 Å². The lowest BCUT2D eigenvalue weighted by molar-refractivity contribution is -0.384. The number of carbonyl (C=O) groups is 2. The number of nitro benzene ring substituents is 1. The van der Waals surface area contributed by atoms with Crippen LogP contribution in [-0.2, 0) is 16.0 Å². The lowest BCUT2D eigenvalue weighted by atomic mass is 9.82. The van der Waals surface area contributed by atoms with Crippen LogP contribution >= 0.6 is 0 Å². The van der Waals surface area contributed by atoms with Crippen LogP contribution in [-0.4, -0.2) is 29.0 Å². The van der Waals surface area contributed by atoms with Gasteiger partial charge in [0.15, 0.2) is 0 Å². The Morgan fingerprint density at radius 1 is 1.47 bits per heavy atom. The Morgan fingerprint density at radius 3 is 2.58 bits per heavy atom. The van der Waals surface area contributed by atoms with Crippen LogP contribution < -0.4 is 5.32 Å². The van der Waals surface area contributed by atoms with Crippen molar-refractivity contribution >= 4 is 17.6 Å². The summed E-state index contributed by atoms with van der Waals surface area (Å²) in [6.07, 6.45) is -0.121. The van der Waals surface area contributed by atoms with Crippen LogP contribution in [0.5, 0.6) is 0 Å². The van der Waals surface area contributed by atoms with Gasteiger partial charge in [-0.05, 0) is 18.9 Å². The molecular formula is C12H14N2O5. The molecule has 0 radical (unpaired) electrons. The Balaban J connectivity index is 3.11. The van der Waals surface area contributed by atoms with E-state index in [9.17, 15) is 24.8 Å². The number of nitrogens with zero attached hydrogens (tertiary/aromatic N) is 1. The van der Waals surface area contributed by atoms with Crippen molar-refractivity contribution in [2.45, 2.75) is 13.3 Å². The molecule has 0 aliphatic heterocycles. The Kier molecular flexibility index (Phi) is 4.21. The molecule has 2 N–H and O–H groups in total. The molecule has 1 amide bonds. The predicted octanol–water partition coefficient (Wildman–Crippen LogP) is 0.974. The van der Waals surface area contributed by atoms with Crippen molar-refractivity contribution < 1.29 is 19.6 Å². The number of nitrogens with one attached hydrogen (secondary N) is 1. The highest BCUT2D eigenvalue weighted by Crippen LogP contribution is 2.25. The second kappa shape index (κ2) is 5.47. The Hall–Kier alpha value is -2.44. The number of carbonyl (C=O) groups excluding carboxylic acids is 1. The second-order valence-electron chi connectivity index (χ2n) is 4.32. The summed E-state index contributed by atoms with van der Waals surface area (Å²) in [4.78, 5) is 33.0. The predicted molar refractivity (Wildman–Crippen MR) is 66.6 cm³/mol. The topological polar surface area (TPSA) is 110 Å². The van der Waals surface area contributed by atoms with Crippen LogP contribution in [0.3, 0.4) is 0 Å². The molecule has 7 nitrogen and oxygen atoms in total. The molecule has 0 spiro atoms. The fourth-order valence-electron chi connectivity index (χ4n) is 1.72. The van der Waals surface area contributed by atoms with Crippen molar-refractivity contribution in [3.05, 3.63) is 39.9 Å². The first-order valence-corrected chi connectivity index (χ1v) is 5.50. The third-order valence-electron chi connectivity index (χ3n) is 2.88. The van der Waals surface area contributed by atoms with Gasteiger partial charge in [0.1, 0.15) is 5.41 Å². The summed E-state index contributed by atoms with van der Waals surface area (Å²) in [5, 5.41) is 22.1. The normalized spacial score (nSPS) is 13.4. The van der Waals surface area contributed by atoms with Gasteiger partial charge in [0, 0.05) is 19.2 Å². The number of carboxylic acid groups (broad SMARTS) is 1. The highest BCUT2D eigenvalue weighted by Gasteiger charge is 2.41. The van der Waals surface area contributed by atoms with Crippen molar-refractivity contribution in [3.63, 3.8) is 0 Å². The minimum absolute atomic E-state index is 0.121. The van der Waals surface area contributed by atoms with Crippen LogP contribution in [0.1, 0.15) is 12.5 Å².